The van der Waals surface area contributed by atoms with Gasteiger partial charge in [0.05, 0.1) is 9.82 Å². The van der Waals surface area contributed by atoms with Gasteiger partial charge in [0, 0.05) is 23.1 Å². The zero-order valence-electron chi connectivity index (χ0n) is 13.7. The van der Waals surface area contributed by atoms with Gasteiger partial charge in [-0.3, -0.25) is 14.9 Å². The quantitative estimate of drug-likeness (QED) is 0.621. The second kappa shape index (κ2) is 8.11. The highest BCUT2D eigenvalue weighted by molar-refractivity contribution is 8.00. The van der Waals surface area contributed by atoms with Crippen LogP contribution < -0.4 is 5.32 Å². The van der Waals surface area contributed by atoms with Crippen molar-refractivity contribution in [1.29, 1.82) is 0 Å². The third-order valence-electron chi connectivity index (χ3n) is 4.17. The Labute approximate surface area is 150 Å². The van der Waals surface area contributed by atoms with E-state index in [0.29, 0.717) is 16.0 Å². The largest absolute Gasteiger partial charge is 0.307 e. The Balaban J connectivity index is 1.78. The number of thioether (sulfide) groups is 1. The molecule has 1 aromatic carbocycles. The molecule has 1 aliphatic carbocycles. The topological polar surface area (TPSA) is 85.1 Å². The molecule has 0 bridgehead atoms. The van der Waals surface area contributed by atoms with Gasteiger partial charge >= 0.3 is 0 Å². The summed E-state index contributed by atoms with van der Waals surface area (Å²) in [6.07, 6.45) is 7.34. The molecule has 0 aliphatic heterocycles. The fraction of sp³-hybridized carbons (Fsp3) is 0.333. The molecule has 6 nitrogen and oxygen atoms in total. The van der Waals surface area contributed by atoms with Crippen molar-refractivity contribution in [3.63, 3.8) is 0 Å². The van der Waals surface area contributed by atoms with E-state index in [4.69, 9.17) is 0 Å². The number of benzene rings is 1. The lowest BCUT2D eigenvalue weighted by atomic mass is 10.0. The Morgan fingerprint density at radius 1 is 1.20 bits per heavy atom. The molecule has 1 aliphatic rings. The third kappa shape index (κ3) is 4.57. The van der Waals surface area contributed by atoms with Crippen LogP contribution in [0.1, 0.15) is 42.5 Å². The van der Waals surface area contributed by atoms with Gasteiger partial charge in [-0.15, -0.1) is 11.8 Å². The minimum atomic E-state index is -0.414. The van der Waals surface area contributed by atoms with E-state index in [9.17, 15) is 14.9 Å². The fourth-order valence-electron chi connectivity index (χ4n) is 2.89. The Hall–Kier alpha value is -2.41. The van der Waals surface area contributed by atoms with Gasteiger partial charge in [-0.1, -0.05) is 25.3 Å². The SMILES string of the molecule is O=C(Nc1ccccn1)c1ccc(SC2CCCCC2)c([N+](=O)[O-])c1. The van der Waals surface area contributed by atoms with E-state index in [1.165, 1.54) is 25.3 Å². The summed E-state index contributed by atoms with van der Waals surface area (Å²) in [4.78, 5) is 28.0. The molecule has 7 heteroatoms. The summed E-state index contributed by atoms with van der Waals surface area (Å²) in [5.74, 6) is 0.00632. The van der Waals surface area contributed by atoms with Crippen LogP contribution in [0.15, 0.2) is 47.5 Å². The van der Waals surface area contributed by atoms with Crippen LogP contribution in [0.4, 0.5) is 11.5 Å². The summed E-state index contributed by atoms with van der Waals surface area (Å²) in [7, 11) is 0. The van der Waals surface area contributed by atoms with Crippen molar-refractivity contribution < 1.29 is 9.72 Å². The molecule has 0 unspecified atom stereocenters. The molecule has 0 saturated heterocycles. The number of anilines is 1. The number of hydrogen-bond donors (Lipinski definition) is 1. The number of nitrogens with zero attached hydrogens (tertiary/aromatic N) is 2. The Bertz CT molecular complexity index is 761. The third-order valence-corrected chi connectivity index (χ3v) is 5.57. The second-order valence-electron chi connectivity index (χ2n) is 5.99. The van der Waals surface area contributed by atoms with Crippen LogP contribution in [0.5, 0.6) is 0 Å². The van der Waals surface area contributed by atoms with Crippen molar-refractivity contribution in [2.75, 3.05) is 5.32 Å². The van der Waals surface area contributed by atoms with Gasteiger partial charge in [0.15, 0.2) is 0 Å². The van der Waals surface area contributed by atoms with E-state index in [0.717, 1.165) is 12.8 Å². The number of nitrogens with one attached hydrogen (secondary N) is 1. The predicted molar refractivity (Wildman–Crippen MR) is 98.0 cm³/mol. The van der Waals surface area contributed by atoms with Crippen LogP contribution in [0.25, 0.3) is 0 Å². The van der Waals surface area contributed by atoms with Crippen LogP contribution in [0, 0.1) is 10.1 Å². The van der Waals surface area contributed by atoms with Crippen LogP contribution in [0.3, 0.4) is 0 Å². The molecule has 1 aromatic heterocycles. The summed E-state index contributed by atoms with van der Waals surface area (Å²) < 4.78 is 0. The molecule has 1 fully saturated rings. The second-order valence-corrected chi connectivity index (χ2v) is 7.33. The molecule has 0 atom stereocenters. The van der Waals surface area contributed by atoms with Crippen molar-refractivity contribution in [1.82, 2.24) is 4.98 Å². The fourth-order valence-corrected chi connectivity index (χ4v) is 4.22. The van der Waals surface area contributed by atoms with Gasteiger partial charge in [-0.05, 0) is 37.1 Å². The smallest absolute Gasteiger partial charge is 0.283 e. The highest BCUT2D eigenvalue weighted by atomic mass is 32.2. The lowest BCUT2D eigenvalue weighted by Gasteiger charge is -2.20. The molecule has 0 spiro atoms. The molecule has 1 N–H and O–H groups in total. The van der Waals surface area contributed by atoms with Crippen molar-refractivity contribution >= 4 is 29.2 Å². The minimum absolute atomic E-state index is 0.00996. The number of aromatic nitrogens is 1. The van der Waals surface area contributed by atoms with Gasteiger partial charge < -0.3 is 5.32 Å². The normalized spacial score (nSPS) is 14.9. The van der Waals surface area contributed by atoms with Gasteiger partial charge in [0.2, 0.25) is 0 Å². The Morgan fingerprint density at radius 2 is 2.00 bits per heavy atom. The van der Waals surface area contributed by atoms with Gasteiger partial charge in [-0.25, -0.2) is 4.98 Å². The minimum Gasteiger partial charge on any atom is -0.307 e. The summed E-state index contributed by atoms with van der Waals surface area (Å²) in [5.41, 5.74) is 0.245. The van der Waals surface area contributed by atoms with Crippen LogP contribution in [-0.2, 0) is 0 Å². The maximum Gasteiger partial charge on any atom is 0.283 e. The lowest BCUT2D eigenvalue weighted by Crippen LogP contribution is -2.13. The molecule has 1 amide bonds. The molecule has 130 valence electrons. The first kappa shape index (κ1) is 17.4. The van der Waals surface area contributed by atoms with E-state index in [1.54, 1.807) is 48.3 Å². The maximum absolute atomic E-state index is 12.3. The van der Waals surface area contributed by atoms with E-state index < -0.39 is 10.8 Å². The zero-order valence-corrected chi connectivity index (χ0v) is 14.5. The molecule has 25 heavy (non-hydrogen) atoms. The van der Waals surface area contributed by atoms with Crippen LogP contribution >= 0.6 is 11.8 Å². The molecule has 2 aromatic rings. The molecule has 3 rings (SSSR count). The van der Waals surface area contributed by atoms with E-state index in [2.05, 4.69) is 10.3 Å². The van der Waals surface area contributed by atoms with Crippen LogP contribution in [-0.4, -0.2) is 21.1 Å². The monoisotopic (exact) mass is 357 g/mol. The van der Waals surface area contributed by atoms with E-state index in [1.807, 2.05) is 0 Å². The number of nitro benzene ring substituents is 1. The number of amides is 1. The standard InChI is InChI=1S/C18H19N3O3S/c22-18(20-17-8-4-5-11-19-17)13-9-10-16(15(12-13)21(23)24)25-14-6-2-1-3-7-14/h4-5,8-12,14H,1-3,6-7H2,(H,19,20,22). The number of rotatable bonds is 5. The van der Waals surface area contributed by atoms with Gasteiger partial charge in [0.25, 0.3) is 11.6 Å². The molecular formula is C18H19N3O3S. The number of hydrogen-bond acceptors (Lipinski definition) is 5. The Morgan fingerprint density at radius 3 is 2.68 bits per heavy atom. The Kier molecular flexibility index (Phi) is 5.65. The first-order valence-corrected chi connectivity index (χ1v) is 9.19. The van der Waals surface area contributed by atoms with Crippen LogP contribution in [0.2, 0.25) is 0 Å². The first-order valence-electron chi connectivity index (χ1n) is 8.31. The van der Waals surface area contributed by atoms with Crippen molar-refractivity contribution in [3.8, 4) is 0 Å². The summed E-state index contributed by atoms with van der Waals surface area (Å²) >= 11 is 1.56. The van der Waals surface area contributed by atoms with Gasteiger partial charge in [-0.2, -0.15) is 0 Å². The van der Waals surface area contributed by atoms with E-state index in [-0.39, 0.29) is 11.3 Å². The number of carbonyl (C=O) groups is 1. The first-order chi connectivity index (χ1) is 12.1. The number of pyridine rings is 1. The number of nitro groups is 1. The summed E-state index contributed by atoms with van der Waals surface area (Å²) in [6, 6.07) is 9.84. The average Bonchev–Trinajstić information content (AvgIpc) is 2.63. The van der Waals surface area contributed by atoms with Crippen molar-refractivity contribution in [2.45, 2.75) is 42.2 Å². The highest BCUT2D eigenvalue weighted by Gasteiger charge is 2.22. The average molecular weight is 357 g/mol. The molecule has 1 saturated carbocycles. The maximum atomic E-state index is 12.3. The van der Waals surface area contributed by atoms with Crippen molar-refractivity contribution in [2.24, 2.45) is 0 Å². The van der Waals surface area contributed by atoms with Gasteiger partial charge in [0.1, 0.15) is 5.82 Å². The molecule has 1 heterocycles. The zero-order chi connectivity index (χ0) is 17.6. The lowest BCUT2D eigenvalue weighted by molar-refractivity contribution is -0.387. The van der Waals surface area contributed by atoms with Crippen molar-refractivity contribution in [3.05, 3.63) is 58.3 Å². The molecular weight excluding hydrogens is 338 g/mol. The summed E-state index contributed by atoms with van der Waals surface area (Å²) in [5, 5.41) is 14.5. The highest BCUT2D eigenvalue weighted by Crippen LogP contribution is 2.38. The summed E-state index contributed by atoms with van der Waals surface area (Å²) in [6.45, 7) is 0. The predicted octanol–water partition coefficient (Wildman–Crippen LogP) is 4.67. The number of carbonyl (C=O) groups excluding carboxylic acids is 1. The van der Waals surface area contributed by atoms with E-state index >= 15 is 0 Å². The molecule has 0 radical (unpaired) electrons.